The Hall–Kier alpha value is -4.86. The van der Waals surface area contributed by atoms with Crippen molar-refractivity contribution in [3.8, 4) is 22.8 Å². The largest absolute Gasteiger partial charge is 0.437 e. The van der Waals surface area contributed by atoms with Gasteiger partial charge < -0.3 is 15.0 Å². The molecule has 0 fully saturated rings. The monoisotopic (exact) mass is 472 g/mol. The number of nitrogens with zero attached hydrogens (tertiary/aromatic N) is 4. The summed E-state index contributed by atoms with van der Waals surface area (Å²) in [5, 5.41) is 6.97. The van der Waals surface area contributed by atoms with Gasteiger partial charge in [0, 0.05) is 41.3 Å². The lowest BCUT2D eigenvalue weighted by molar-refractivity contribution is -0.111. The number of benzene rings is 2. The van der Waals surface area contributed by atoms with Crippen molar-refractivity contribution >= 4 is 22.8 Å². The third kappa shape index (κ3) is 4.91. The molecule has 0 aliphatic carbocycles. The first-order chi connectivity index (χ1) is 17.0. The molecule has 3 aromatic heterocycles. The molecule has 8 nitrogen and oxygen atoms in total. The zero-order valence-electron chi connectivity index (χ0n) is 18.2. The molecule has 2 N–H and O–H groups in total. The van der Waals surface area contributed by atoms with E-state index in [2.05, 4.69) is 31.9 Å². The van der Waals surface area contributed by atoms with Gasteiger partial charge in [-0.3, -0.25) is 9.48 Å². The number of ether oxygens (including phenoxy) is 1. The summed E-state index contributed by atoms with van der Waals surface area (Å²) < 4.78 is 34.4. The van der Waals surface area contributed by atoms with E-state index in [9.17, 15) is 13.6 Å². The molecule has 0 bridgehead atoms. The average Bonchev–Trinajstić information content (AvgIpc) is 3.45. The second-order valence-corrected chi connectivity index (χ2v) is 7.64. The number of hydrogen-bond acceptors (Lipinski definition) is 5. The molecule has 2 aromatic carbocycles. The Morgan fingerprint density at radius 1 is 1.17 bits per heavy atom. The highest BCUT2D eigenvalue weighted by Crippen LogP contribution is 2.29. The highest BCUT2D eigenvalue weighted by Gasteiger charge is 2.13. The van der Waals surface area contributed by atoms with E-state index in [0.29, 0.717) is 28.2 Å². The lowest BCUT2D eigenvalue weighted by atomic mass is 10.2. The van der Waals surface area contributed by atoms with Crippen LogP contribution in [0.2, 0.25) is 0 Å². The summed E-state index contributed by atoms with van der Waals surface area (Å²) in [6.07, 6.45) is 7.81. The molecule has 0 spiro atoms. The van der Waals surface area contributed by atoms with E-state index in [1.807, 2.05) is 0 Å². The van der Waals surface area contributed by atoms with Gasteiger partial charge in [0.2, 0.25) is 11.8 Å². The molecule has 5 aromatic rings. The Morgan fingerprint density at radius 2 is 2.00 bits per heavy atom. The van der Waals surface area contributed by atoms with Crippen LogP contribution < -0.4 is 10.1 Å². The minimum Gasteiger partial charge on any atom is -0.437 e. The smallest absolute Gasteiger partial charge is 0.247 e. The molecule has 174 valence electrons. The van der Waals surface area contributed by atoms with Gasteiger partial charge in [0.05, 0.1) is 18.9 Å². The van der Waals surface area contributed by atoms with Crippen molar-refractivity contribution in [3.63, 3.8) is 0 Å². The zero-order valence-corrected chi connectivity index (χ0v) is 18.2. The molecule has 0 unspecified atom stereocenters. The zero-order chi connectivity index (χ0) is 24.4. The summed E-state index contributed by atoms with van der Waals surface area (Å²) in [5.41, 5.74) is 3.61. The fraction of sp³-hybridized carbons (Fsp3) is 0.0400. The first-order valence-electron chi connectivity index (χ1n) is 10.5. The van der Waals surface area contributed by atoms with Crippen molar-refractivity contribution in [2.24, 2.45) is 0 Å². The lowest BCUT2D eigenvalue weighted by Crippen LogP contribution is -2.07. The Kier molecular flexibility index (Phi) is 5.76. The summed E-state index contributed by atoms with van der Waals surface area (Å²) in [6, 6.07) is 10.2. The maximum absolute atomic E-state index is 13.5. The van der Waals surface area contributed by atoms with Crippen LogP contribution in [0.5, 0.6) is 11.6 Å². The van der Waals surface area contributed by atoms with Crippen molar-refractivity contribution in [1.29, 1.82) is 0 Å². The van der Waals surface area contributed by atoms with E-state index in [1.165, 1.54) is 24.4 Å². The van der Waals surface area contributed by atoms with Crippen LogP contribution >= 0.6 is 0 Å². The van der Waals surface area contributed by atoms with Crippen LogP contribution in [-0.2, 0) is 11.3 Å². The summed E-state index contributed by atoms with van der Waals surface area (Å²) in [4.78, 5) is 23.5. The Bertz CT molecular complexity index is 1540. The number of rotatable bonds is 7. The molecule has 0 aliphatic heterocycles. The van der Waals surface area contributed by atoms with E-state index in [4.69, 9.17) is 4.74 Å². The van der Waals surface area contributed by atoms with Crippen molar-refractivity contribution in [1.82, 2.24) is 24.7 Å². The van der Waals surface area contributed by atoms with Crippen LogP contribution in [0.4, 0.5) is 14.5 Å². The molecule has 3 heterocycles. The van der Waals surface area contributed by atoms with E-state index >= 15 is 0 Å². The van der Waals surface area contributed by atoms with Gasteiger partial charge in [-0.05, 0) is 35.9 Å². The Balaban J connectivity index is 1.39. The predicted molar refractivity (Wildman–Crippen MR) is 126 cm³/mol. The van der Waals surface area contributed by atoms with E-state index in [-0.39, 0.29) is 18.3 Å². The maximum Gasteiger partial charge on any atom is 0.247 e. The molecule has 5 rings (SSSR count). The van der Waals surface area contributed by atoms with Gasteiger partial charge in [0.1, 0.15) is 22.9 Å². The second kappa shape index (κ2) is 9.18. The van der Waals surface area contributed by atoms with E-state index in [0.717, 1.165) is 17.2 Å². The van der Waals surface area contributed by atoms with Crippen LogP contribution in [0.25, 0.3) is 22.3 Å². The number of halogens is 2. The number of aromatic nitrogens is 5. The number of amides is 1. The third-order valence-corrected chi connectivity index (χ3v) is 5.08. The van der Waals surface area contributed by atoms with Crippen LogP contribution in [0.1, 0.15) is 5.56 Å². The summed E-state index contributed by atoms with van der Waals surface area (Å²) in [5.74, 6) is -0.884. The molecule has 0 saturated carbocycles. The molecule has 35 heavy (non-hydrogen) atoms. The maximum atomic E-state index is 13.5. The highest BCUT2D eigenvalue weighted by atomic mass is 19.1. The van der Waals surface area contributed by atoms with Crippen LogP contribution in [-0.4, -0.2) is 30.6 Å². The lowest BCUT2D eigenvalue weighted by Gasteiger charge is -2.07. The SMILES string of the molecule is C=CC(=O)Nc1cccc(Oc2cnc3[nH]cc(-c4cnn(Cc5cc(F)cc(F)c5)c4)c3n2)c1. The molecule has 1 amide bonds. The number of anilines is 1. The number of fused-ring (bicyclic) bond motifs is 1. The molecule has 0 saturated heterocycles. The van der Waals surface area contributed by atoms with Crippen LogP contribution in [0.3, 0.4) is 0 Å². The van der Waals surface area contributed by atoms with Gasteiger partial charge in [-0.15, -0.1) is 0 Å². The Morgan fingerprint density at radius 3 is 2.80 bits per heavy atom. The number of carbonyl (C=O) groups excluding carboxylic acids is 1. The minimum atomic E-state index is -0.638. The summed E-state index contributed by atoms with van der Waals surface area (Å²) >= 11 is 0. The number of aromatic amines is 1. The second-order valence-electron chi connectivity index (χ2n) is 7.64. The first-order valence-corrected chi connectivity index (χ1v) is 10.5. The number of carbonyl (C=O) groups is 1. The average molecular weight is 472 g/mol. The number of H-pyrrole nitrogens is 1. The van der Waals surface area contributed by atoms with Gasteiger partial charge in [-0.2, -0.15) is 5.10 Å². The van der Waals surface area contributed by atoms with Crippen molar-refractivity contribution in [2.75, 3.05) is 5.32 Å². The number of nitrogens with one attached hydrogen (secondary N) is 2. The molecule has 0 atom stereocenters. The van der Waals surface area contributed by atoms with Gasteiger partial charge >= 0.3 is 0 Å². The van der Waals surface area contributed by atoms with Gasteiger partial charge in [0.15, 0.2) is 5.65 Å². The van der Waals surface area contributed by atoms with E-state index < -0.39 is 11.6 Å². The minimum absolute atomic E-state index is 0.204. The van der Waals surface area contributed by atoms with Gasteiger partial charge in [-0.25, -0.2) is 18.7 Å². The van der Waals surface area contributed by atoms with Crippen molar-refractivity contribution in [2.45, 2.75) is 6.54 Å². The predicted octanol–water partition coefficient (Wildman–Crippen LogP) is 5.06. The number of hydrogen-bond donors (Lipinski definition) is 2. The van der Waals surface area contributed by atoms with Crippen molar-refractivity contribution in [3.05, 3.63) is 97.1 Å². The fourth-order valence-electron chi connectivity index (χ4n) is 3.57. The van der Waals surface area contributed by atoms with Crippen molar-refractivity contribution < 1.29 is 18.3 Å². The van der Waals surface area contributed by atoms with Gasteiger partial charge in [0.25, 0.3) is 0 Å². The normalized spacial score (nSPS) is 10.9. The molecule has 0 aliphatic rings. The fourth-order valence-corrected chi connectivity index (χ4v) is 3.57. The van der Waals surface area contributed by atoms with Gasteiger partial charge in [-0.1, -0.05) is 12.6 Å². The summed E-state index contributed by atoms with van der Waals surface area (Å²) in [7, 11) is 0. The molecular weight excluding hydrogens is 454 g/mol. The molecule has 0 radical (unpaired) electrons. The highest BCUT2D eigenvalue weighted by molar-refractivity contribution is 5.99. The quantitative estimate of drug-likeness (QED) is 0.323. The first kappa shape index (κ1) is 22.0. The molecule has 10 heteroatoms. The Labute approximate surface area is 197 Å². The van der Waals surface area contributed by atoms with Crippen LogP contribution in [0.15, 0.2) is 79.9 Å². The molecular formula is C25H18F2N6O2. The van der Waals surface area contributed by atoms with E-state index in [1.54, 1.807) is 47.5 Å². The third-order valence-electron chi connectivity index (χ3n) is 5.08. The van der Waals surface area contributed by atoms with Crippen LogP contribution in [0, 0.1) is 11.6 Å². The summed E-state index contributed by atoms with van der Waals surface area (Å²) in [6.45, 7) is 3.64. The topological polar surface area (TPSA) is 97.7 Å². The standard InChI is InChI=1S/C25H18F2N6O2/c1-2-22(34)31-19-4-3-5-20(9-19)35-23-12-29-25-24(32-23)21(11-28-25)16-10-30-33(14-16)13-15-6-17(26)8-18(27)7-15/h2-12,14H,1,13H2,(H,28,29)(H,31,34).